The second kappa shape index (κ2) is 9.74. The molecule has 2 aromatic carbocycles. The molecule has 0 spiro atoms. The van der Waals surface area contributed by atoms with Crippen LogP contribution in [0, 0.1) is 12.3 Å². The second-order valence-electron chi connectivity index (χ2n) is 7.97. The van der Waals surface area contributed by atoms with Gasteiger partial charge in [-0.2, -0.15) is 0 Å². The first-order valence-corrected chi connectivity index (χ1v) is 10.4. The highest BCUT2D eigenvalue weighted by Gasteiger charge is 2.23. The predicted octanol–water partition coefficient (Wildman–Crippen LogP) is 4.46. The number of thioether (sulfide) groups is 1. The zero-order valence-corrected chi connectivity index (χ0v) is 18.4. The van der Waals surface area contributed by atoms with Crippen molar-refractivity contribution in [2.45, 2.75) is 44.8 Å². The van der Waals surface area contributed by atoms with Crippen LogP contribution in [0.5, 0.6) is 0 Å². The van der Waals surface area contributed by atoms with E-state index in [1.54, 1.807) is 19.1 Å². The largest absolute Gasteiger partial charge is 0.345 e. The van der Waals surface area contributed by atoms with Crippen molar-refractivity contribution < 1.29 is 14.4 Å². The summed E-state index contributed by atoms with van der Waals surface area (Å²) in [5.41, 5.74) is 1.75. The van der Waals surface area contributed by atoms with Gasteiger partial charge in [0.05, 0.1) is 17.4 Å². The number of hydrogen-bond acceptors (Lipinski definition) is 4. The van der Waals surface area contributed by atoms with E-state index in [0.717, 1.165) is 11.3 Å². The van der Waals surface area contributed by atoms with Gasteiger partial charge in [0.25, 0.3) is 5.91 Å². The van der Waals surface area contributed by atoms with E-state index in [9.17, 15) is 14.4 Å². The Morgan fingerprint density at radius 3 is 2.38 bits per heavy atom. The van der Waals surface area contributed by atoms with Gasteiger partial charge in [-0.05, 0) is 43.7 Å². The Morgan fingerprint density at radius 1 is 1.03 bits per heavy atom. The van der Waals surface area contributed by atoms with Gasteiger partial charge in [-0.3, -0.25) is 14.4 Å². The number of rotatable bonds is 7. The molecule has 1 atom stereocenters. The van der Waals surface area contributed by atoms with E-state index in [-0.39, 0.29) is 24.1 Å². The molecule has 0 aliphatic rings. The Morgan fingerprint density at radius 2 is 1.72 bits per heavy atom. The molecule has 0 bridgehead atoms. The lowest BCUT2D eigenvalue weighted by atomic mass is 9.91. The van der Waals surface area contributed by atoms with E-state index in [4.69, 9.17) is 0 Å². The molecule has 6 heteroatoms. The van der Waals surface area contributed by atoms with Crippen LogP contribution in [0.2, 0.25) is 0 Å². The van der Waals surface area contributed by atoms with Crippen LogP contribution in [0.1, 0.15) is 43.6 Å². The Labute approximate surface area is 176 Å². The molecule has 2 rings (SSSR count). The fourth-order valence-electron chi connectivity index (χ4n) is 2.49. The topological polar surface area (TPSA) is 75.3 Å². The molecule has 0 unspecified atom stereocenters. The van der Waals surface area contributed by atoms with Gasteiger partial charge in [-0.25, -0.2) is 0 Å². The number of hydrogen-bond donors (Lipinski definition) is 2. The van der Waals surface area contributed by atoms with Crippen LogP contribution < -0.4 is 10.6 Å². The molecular weight excluding hydrogens is 384 g/mol. The smallest absolute Gasteiger partial charge is 0.252 e. The summed E-state index contributed by atoms with van der Waals surface area (Å²) in [7, 11) is 0. The molecule has 0 aliphatic carbocycles. The first kappa shape index (κ1) is 22.7. The molecule has 0 saturated carbocycles. The number of ketones is 1. The minimum absolute atomic E-state index is 0.0231. The summed E-state index contributed by atoms with van der Waals surface area (Å²) in [6, 6.07) is 14.7. The van der Waals surface area contributed by atoms with Crippen LogP contribution >= 0.6 is 11.8 Å². The quantitative estimate of drug-likeness (QED) is 0.659. The zero-order chi connectivity index (χ0) is 21.6. The van der Waals surface area contributed by atoms with Crippen LogP contribution in [0.25, 0.3) is 0 Å². The van der Waals surface area contributed by atoms with Crippen molar-refractivity contribution in [2.75, 3.05) is 11.9 Å². The molecule has 154 valence electrons. The Kier molecular flexibility index (Phi) is 7.62. The standard InChI is InChI=1S/C23H28N2O3S/c1-15-9-8-10-17(13-15)25-21(27)16(2)29-19-12-7-6-11-18(19)22(28)24-14-20(26)23(3,4)5/h6-13,16H,14H2,1-5H3,(H,24,28)(H,25,27)/t16-/m0/s1. The average molecular weight is 413 g/mol. The van der Waals surface area contributed by atoms with E-state index < -0.39 is 10.7 Å². The van der Waals surface area contributed by atoms with Crippen molar-refractivity contribution >= 4 is 35.0 Å². The minimum Gasteiger partial charge on any atom is -0.345 e. The normalized spacial score (nSPS) is 12.2. The third kappa shape index (κ3) is 6.75. The van der Waals surface area contributed by atoms with Gasteiger partial charge < -0.3 is 10.6 Å². The summed E-state index contributed by atoms with van der Waals surface area (Å²) in [6.07, 6.45) is 0. The van der Waals surface area contributed by atoms with E-state index in [0.29, 0.717) is 10.5 Å². The molecule has 0 saturated heterocycles. The number of aryl methyl sites for hydroxylation is 1. The number of amides is 2. The molecule has 0 aliphatic heterocycles. The SMILES string of the molecule is Cc1cccc(NC(=O)[C@H](C)Sc2ccccc2C(=O)NCC(=O)C(C)(C)C)c1. The van der Waals surface area contributed by atoms with E-state index in [1.807, 2.05) is 64.1 Å². The van der Waals surface area contributed by atoms with Gasteiger partial charge in [-0.1, -0.05) is 45.0 Å². The van der Waals surface area contributed by atoms with Gasteiger partial charge in [0, 0.05) is 16.0 Å². The maximum absolute atomic E-state index is 12.6. The molecule has 2 N–H and O–H groups in total. The molecule has 5 nitrogen and oxygen atoms in total. The predicted molar refractivity (Wildman–Crippen MR) is 118 cm³/mol. The Balaban J connectivity index is 2.04. The van der Waals surface area contributed by atoms with E-state index >= 15 is 0 Å². The van der Waals surface area contributed by atoms with Crippen molar-refractivity contribution in [1.29, 1.82) is 0 Å². The second-order valence-corrected chi connectivity index (χ2v) is 9.35. The fraction of sp³-hybridized carbons (Fsp3) is 0.348. The lowest BCUT2D eigenvalue weighted by Gasteiger charge is -2.18. The maximum Gasteiger partial charge on any atom is 0.252 e. The maximum atomic E-state index is 12.6. The third-order valence-electron chi connectivity index (χ3n) is 4.34. The van der Waals surface area contributed by atoms with Crippen molar-refractivity contribution in [3.05, 3.63) is 59.7 Å². The molecule has 2 aromatic rings. The Hall–Kier alpha value is -2.60. The van der Waals surface area contributed by atoms with Crippen LogP contribution in [-0.4, -0.2) is 29.4 Å². The lowest BCUT2D eigenvalue weighted by Crippen LogP contribution is -2.35. The van der Waals surface area contributed by atoms with Crippen LogP contribution in [-0.2, 0) is 9.59 Å². The van der Waals surface area contributed by atoms with Gasteiger partial charge >= 0.3 is 0 Å². The van der Waals surface area contributed by atoms with Crippen LogP contribution in [0.4, 0.5) is 5.69 Å². The Bertz CT molecular complexity index is 903. The third-order valence-corrected chi connectivity index (χ3v) is 5.51. The highest BCUT2D eigenvalue weighted by molar-refractivity contribution is 8.00. The summed E-state index contributed by atoms with van der Waals surface area (Å²) in [6.45, 7) is 9.20. The highest BCUT2D eigenvalue weighted by Crippen LogP contribution is 2.28. The van der Waals surface area contributed by atoms with Gasteiger partial charge in [0.15, 0.2) is 5.78 Å². The number of benzene rings is 2. The molecule has 2 amide bonds. The summed E-state index contributed by atoms with van der Waals surface area (Å²) in [5, 5.41) is 5.19. The number of anilines is 1. The summed E-state index contributed by atoms with van der Waals surface area (Å²) < 4.78 is 0. The first-order chi connectivity index (χ1) is 13.6. The summed E-state index contributed by atoms with van der Waals surface area (Å²) in [4.78, 5) is 37.9. The van der Waals surface area contributed by atoms with Crippen molar-refractivity contribution in [1.82, 2.24) is 5.32 Å². The van der Waals surface area contributed by atoms with Crippen molar-refractivity contribution in [2.24, 2.45) is 5.41 Å². The van der Waals surface area contributed by atoms with E-state index in [2.05, 4.69) is 10.6 Å². The molecular formula is C23H28N2O3S. The van der Waals surface area contributed by atoms with Crippen LogP contribution in [0.15, 0.2) is 53.4 Å². The fourth-order valence-corrected chi connectivity index (χ4v) is 3.48. The van der Waals surface area contributed by atoms with Crippen molar-refractivity contribution in [3.8, 4) is 0 Å². The average Bonchev–Trinajstić information content (AvgIpc) is 2.65. The summed E-state index contributed by atoms with van der Waals surface area (Å²) in [5.74, 6) is -0.502. The monoisotopic (exact) mass is 412 g/mol. The zero-order valence-electron chi connectivity index (χ0n) is 17.5. The number of Topliss-reactive ketones (excluding diaryl/α,β-unsaturated/α-hetero) is 1. The molecule has 0 aromatic heterocycles. The molecule has 0 heterocycles. The highest BCUT2D eigenvalue weighted by atomic mass is 32.2. The number of carbonyl (C=O) groups is 3. The van der Waals surface area contributed by atoms with Crippen LogP contribution in [0.3, 0.4) is 0 Å². The minimum atomic E-state index is -0.510. The van der Waals surface area contributed by atoms with Gasteiger partial charge in [-0.15, -0.1) is 11.8 Å². The molecule has 0 fully saturated rings. The van der Waals surface area contributed by atoms with Gasteiger partial charge in [0.2, 0.25) is 5.91 Å². The number of nitrogens with one attached hydrogen (secondary N) is 2. The summed E-state index contributed by atoms with van der Waals surface area (Å²) >= 11 is 1.31. The first-order valence-electron chi connectivity index (χ1n) is 9.52. The molecule has 0 radical (unpaired) electrons. The van der Waals surface area contributed by atoms with Gasteiger partial charge in [0.1, 0.15) is 0 Å². The molecule has 29 heavy (non-hydrogen) atoms. The number of carbonyl (C=O) groups excluding carboxylic acids is 3. The van der Waals surface area contributed by atoms with E-state index in [1.165, 1.54) is 11.8 Å². The lowest BCUT2D eigenvalue weighted by molar-refractivity contribution is -0.125. The van der Waals surface area contributed by atoms with Crippen molar-refractivity contribution in [3.63, 3.8) is 0 Å².